The van der Waals surface area contributed by atoms with E-state index in [1.807, 2.05) is 39.0 Å². The van der Waals surface area contributed by atoms with Crippen molar-refractivity contribution in [2.45, 2.75) is 26.8 Å². The Kier molecular flexibility index (Phi) is 4.04. The summed E-state index contributed by atoms with van der Waals surface area (Å²) in [4.78, 5) is 12.2. The normalized spacial score (nSPS) is 12.2. The van der Waals surface area contributed by atoms with Gasteiger partial charge in [-0.25, -0.2) is 0 Å². The molecule has 2 rings (SSSR count). The van der Waals surface area contributed by atoms with Crippen LogP contribution in [0.25, 0.3) is 0 Å². The quantitative estimate of drug-likeness (QED) is 0.940. The minimum atomic E-state index is -0.147. The highest BCUT2D eigenvalue weighted by Crippen LogP contribution is 2.22. The Morgan fingerprint density at radius 3 is 2.63 bits per heavy atom. The van der Waals surface area contributed by atoms with Crippen molar-refractivity contribution in [3.05, 3.63) is 51.3 Å². The summed E-state index contributed by atoms with van der Waals surface area (Å²) in [6.07, 6.45) is 0. The van der Waals surface area contributed by atoms with Gasteiger partial charge < -0.3 is 9.84 Å². The van der Waals surface area contributed by atoms with E-state index in [9.17, 15) is 4.79 Å². The van der Waals surface area contributed by atoms with Crippen molar-refractivity contribution in [3.63, 3.8) is 0 Å². The molecular formula is C14H15BrN2O2. The summed E-state index contributed by atoms with van der Waals surface area (Å²) in [6, 6.07) is 7.18. The van der Waals surface area contributed by atoms with Crippen molar-refractivity contribution in [3.8, 4) is 0 Å². The van der Waals surface area contributed by atoms with E-state index in [-0.39, 0.29) is 11.9 Å². The molecule has 0 bridgehead atoms. The number of halogens is 1. The van der Waals surface area contributed by atoms with Gasteiger partial charge in [-0.2, -0.15) is 0 Å². The molecule has 1 N–H and O–H groups in total. The van der Waals surface area contributed by atoms with Crippen LogP contribution in [0.5, 0.6) is 0 Å². The van der Waals surface area contributed by atoms with Crippen molar-refractivity contribution in [1.29, 1.82) is 0 Å². The lowest BCUT2D eigenvalue weighted by atomic mass is 10.1. The van der Waals surface area contributed by atoms with Gasteiger partial charge in [-0.1, -0.05) is 17.3 Å². The fraction of sp³-hybridized carbons (Fsp3) is 0.286. The first-order valence-electron chi connectivity index (χ1n) is 5.99. The van der Waals surface area contributed by atoms with E-state index in [2.05, 4.69) is 26.4 Å². The number of rotatable bonds is 3. The van der Waals surface area contributed by atoms with Crippen molar-refractivity contribution in [2.24, 2.45) is 0 Å². The molecule has 1 unspecified atom stereocenters. The average Bonchev–Trinajstić information content (AvgIpc) is 2.69. The molecule has 19 heavy (non-hydrogen) atoms. The van der Waals surface area contributed by atoms with Gasteiger partial charge in [0, 0.05) is 10.0 Å². The first kappa shape index (κ1) is 13.8. The van der Waals surface area contributed by atoms with Crippen LogP contribution in [0.3, 0.4) is 0 Å². The molecule has 0 fully saturated rings. The third-order valence-corrected chi connectivity index (χ3v) is 3.68. The van der Waals surface area contributed by atoms with Gasteiger partial charge in [-0.3, -0.25) is 4.79 Å². The molecule has 1 aromatic carbocycles. The van der Waals surface area contributed by atoms with Gasteiger partial charge in [-0.05, 0) is 48.8 Å². The predicted molar refractivity (Wildman–Crippen MR) is 76.0 cm³/mol. The summed E-state index contributed by atoms with van der Waals surface area (Å²) in [6.45, 7) is 5.63. The Morgan fingerprint density at radius 2 is 2.05 bits per heavy atom. The molecule has 0 aliphatic heterocycles. The number of nitrogens with one attached hydrogen (secondary N) is 1. The van der Waals surface area contributed by atoms with Gasteiger partial charge in [0.25, 0.3) is 5.91 Å². The zero-order chi connectivity index (χ0) is 14.0. The molecular weight excluding hydrogens is 308 g/mol. The van der Waals surface area contributed by atoms with E-state index in [1.54, 1.807) is 6.07 Å². The smallest absolute Gasteiger partial charge is 0.252 e. The van der Waals surface area contributed by atoms with Crippen molar-refractivity contribution >= 4 is 21.8 Å². The lowest BCUT2D eigenvalue weighted by Crippen LogP contribution is -2.27. The summed E-state index contributed by atoms with van der Waals surface area (Å²) in [7, 11) is 0. The van der Waals surface area contributed by atoms with Crippen LogP contribution in [0, 0.1) is 13.8 Å². The molecule has 0 radical (unpaired) electrons. The maximum Gasteiger partial charge on any atom is 0.252 e. The van der Waals surface area contributed by atoms with Gasteiger partial charge in [0.1, 0.15) is 5.76 Å². The predicted octanol–water partition coefficient (Wildman–Crippen LogP) is 3.54. The van der Waals surface area contributed by atoms with E-state index in [0.29, 0.717) is 5.56 Å². The van der Waals surface area contributed by atoms with Gasteiger partial charge >= 0.3 is 0 Å². The Hall–Kier alpha value is -1.62. The summed E-state index contributed by atoms with van der Waals surface area (Å²) >= 11 is 3.37. The summed E-state index contributed by atoms with van der Waals surface area (Å²) < 4.78 is 5.89. The number of hydrogen-bond acceptors (Lipinski definition) is 3. The number of hydrogen-bond donors (Lipinski definition) is 1. The van der Waals surface area contributed by atoms with Crippen LogP contribution in [0.2, 0.25) is 0 Å². The highest BCUT2D eigenvalue weighted by atomic mass is 79.9. The highest BCUT2D eigenvalue weighted by Gasteiger charge is 2.19. The molecule has 0 saturated heterocycles. The Bertz CT molecular complexity index is 588. The van der Waals surface area contributed by atoms with Crippen LogP contribution >= 0.6 is 15.9 Å². The molecule has 0 aliphatic rings. The lowest BCUT2D eigenvalue weighted by molar-refractivity contribution is 0.0939. The lowest BCUT2D eigenvalue weighted by Gasteiger charge is -2.14. The Balaban J connectivity index is 2.18. The largest absolute Gasteiger partial charge is 0.361 e. The number of benzene rings is 1. The zero-order valence-electron chi connectivity index (χ0n) is 11.0. The van der Waals surface area contributed by atoms with Crippen LogP contribution in [-0.4, -0.2) is 11.1 Å². The first-order valence-corrected chi connectivity index (χ1v) is 6.78. The molecule has 1 amide bonds. The molecule has 1 heterocycles. The van der Waals surface area contributed by atoms with E-state index < -0.39 is 0 Å². The summed E-state index contributed by atoms with van der Waals surface area (Å²) in [5.74, 6) is 0.609. The molecule has 2 aromatic rings. The molecule has 0 aliphatic carbocycles. The van der Waals surface area contributed by atoms with E-state index >= 15 is 0 Å². The molecule has 0 saturated carbocycles. The number of carbonyl (C=O) groups is 1. The fourth-order valence-electron chi connectivity index (χ4n) is 2.10. The minimum absolute atomic E-state index is 0.125. The van der Waals surface area contributed by atoms with Gasteiger partial charge in [0.2, 0.25) is 0 Å². The molecule has 100 valence electrons. The molecule has 0 spiro atoms. The Morgan fingerprint density at radius 1 is 1.37 bits per heavy atom. The fourth-order valence-corrected chi connectivity index (χ4v) is 2.57. The highest BCUT2D eigenvalue weighted by molar-refractivity contribution is 9.10. The van der Waals surface area contributed by atoms with Crippen LogP contribution in [0.1, 0.15) is 40.3 Å². The van der Waals surface area contributed by atoms with Crippen LogP contribution in [0.4, 0.5) is 0 Å². The van der Waals surface area contributed by atoms with Crippen LogP contribution < -0.4 is 5.32 Å². The maximum atomic E-state index is 12.2. The van der Waals surface area contributed by atoms with Crippen molar-refractivity contribution in [2.75, 3.05) is 0 Å². The monoisotopic (exact) mass is 322 g/mol. The third kappa shape index (κ3) is 2.87. The van der Waals surface area contributed by atoms with Crippen molar-refractivity contribution < 1.29 is 9.32 Å². The number of amides is 1. The van der Waals surface area contributed by atoms with E-state index in [0.717, 1.165) is 21.5 Å². The molecule has 1 aromatic heterocycles. The van der Waals surface area contributed by atoms with Gasteiger partial charge in [0.15, 0.2) is 0 Å². The maximum absolute atomic E-state index is 12.2. The number of aromatic nitrogens is 1. The standard InChI is InChI=1S/C14H15BrN2O2/c1-8(13-9(2)17-19-10(13)3)16-14(18)11-6-4-5-7-12(11)15/h4-8H,1-3H3,(H,16,18). The van der Waals surface area contributed by atoms with Crippen LogP contribution in [-0.2, 0) is 0 Å². The Labute approximate surface area is 120 Å². The summed E-state index contributed by atoms with van der Waals surface area (Å²) in [5, 5.41) is 6.85. The van der Waals surface area contributed by atoms with E-state index in [4.69, 9.17) is 4.52 Å². The number of aryl methyl sites for hydroxylation is 2. The molecule has 1 atom stereocenters. The SMILES string of the molecule is Cc1noc(C)c1C(C)NC(=O)c1ccccc1Br. The third-order valence-electron chi connectivity index (χ3n) is 2.99. The minimum Gasteiger partial charge on any atom is -0.361 e. The van der Waals surface area contributed by atoms with Gasteiger partial charge in [-0.15, -0.1) is 0 Å². The number of nitrogens with zero attached hydrogens (tertiary/aromatic N) is 1. The second-order valence-electron chi connectivity index (χ2n) is 4.41. The van der Waals surface area contributed by atoms with Gasteiger partial charge in [0.05, 0.1) is 17.3 Å². The summed E-state index contributed by atoms with van der Waals surface area (Å²) in [5.41, 5.74) is 2.35. The van der Waals surface area contributed by atoms with Crippen LogP contribution in [0.15, 0.2) is 33.3 Å². The number of carbonyl (C=O) groups excluding carboxylic acids is 1. The average molecular weight is 323 g/mol. The van der Waals surface area contributed by atoms with Crippen molar-refractivity contribution in [1.82, 2.24) is 10.5 Å². The zero-order valence-corrected chi connectivity index (χ0v) is 12.6. The van der Waals surface area contributed by atoms with E-state index in [1.165, 1.54) is 0 Å². The topological polar surface area (TPSA) is 55.1 Å². The molecule has 4 nitrogen and oxygen atoms in total. The second-order valence-corrected chi connectivity index (χ2v) is 5.27. The second kappa shape index (κ2) is 5.57. The first-order chi connectivity index (χ1) is 9.00. The molecule has 5 heteroatoms.